The maximum Gasteiger partial charge on any atom is 0.251 e. The van der Waals surface area contributed by atoms with Crippen LogP contribution in [0.4, 0.5) is 15.8 Å². The second-order valence-corrected chi connectivity index (χ2v) is 10.7. The highest BCUT2D eigenvalue weighted by atomic mass is 19.1. The predicted molar refractivity (Wildman–Crippen MR) is 168 cm³/mol. The summed E-state index contributed by atoms with van der Waals surface area (Å²) in [7, 11) is 1.54. The van der Waals surface area contributed by atoms with Gasteiger partial charge in [0.15, 0.2) is 0 Å². The van der Waals surface area contributed by atoms with Gasteiger partial charge in [-0.1, -0.05) is 41.6 Å². The number of hydrogen-bond donors (Lipinski definition) is 1. The average molecular weight is 609 g/mol. The molecule has 0 radical (unpaired) electrons. The van der Waals surface area contributed by atoms with Crippen LogP contribution < -0.4 is 15.0 Å². The minimum absolute atomic E-state index is 0.0387. The number of amides is 2. The molecular weight excluding hydrogens is 575 g/mol. The number of morpholine rings is 1. The van der Waals surface area contributed by atoms with Crippen LogP contribution in [-0.2, 0) is 27.4 Å². The van der Waals surface area contributed by atoms with E-state index in [4.69, 9.17) is 9.47 Å². The molecular formula is C34H33FN6O4. The Kier molecular flexibility index (Phi) is 8.97. The molecule has 2 amide bonds. The first-order valence-corrected chi connectivity index (χ1v) is 14.7. The van der Waals surface area contributed by atoms with E-state index in [2.05, 4.69) is 20.5 Å². The van der Waals surface area contributed by atoms with E-state index < -0.39 is 17.8 Å². The Morgan fingerprint density at radius 2 is 1.73 bits per heavy atom. The number of rotatable bonds is 10. The molecule has 2 heterocycles. The first-order chi connectivity index (χ1) is 22.0. The Morgan fingerprint density at radius 3 is 2.49 bits per heavy atom. The smallest absolute Gasteiger partial charge is 0.251 e. The van der Waals surface area contributed by atoms with Crippen molar-refractivity contribution in [3.63, 3.8) is 0 Å². The molecule has 6 rings (SSSR count). The van der Waals surface area contributed by atoms with Crippen molar-refractivity contribution in [2.75, 3.05) is 43.6 Å². The number of hydrogen-bond acceptors (Lipinski definition) is 7. The van der Waals surface area contributed by atoms with E-state index in [-0.39, 0.29) is 19.0 Å². The van der Waals surface area contributed by atoms with Crippen LogP contribution in [-0.4, -0.2) is 65.1 Å². The fraction of sp³-hybridized carbons (Fsp3) is 0.235. The molecule has 4 aromatic carbocycles. The minimum atomic E-state index is -1.06. The van der Waals surface area contributed by atoms with Crippen molar-refractivity contribution in [3.8, 4) is 5.75 Å². The third-order valence-corrected chi connectivity index (χ3v) is 7.77. The Bertz CT molecular complexity index is 1770. The van der Waals surface area contributed by atoms with Gasteiger partial charge in [-0.3, -0.25) is 9.59 Å². The number of para-hydroxylation sites is 1. The summed E-state index contributed by atoms with van der Waals surface area (Å²) in [6.07, 6.45) is 0. The summed E-state index contributed by atoms with van der Waals surface area (Å²) >= 11 is 0. The molecule has 230 valence electrons. The number of benzene rings is 4. The highest BCUT2D eigenvalue weighted by Gasteiger charge is 2.33. The fourth-order valence-electron chi connectivity index (χ4n) is 5.44. The van der Waals surface area contributed by atoms with Gasteiger partial charge >= 0.3 is 0 Å². The van der Waals surface area contributed by atoms with Crippen LogP contribution in [0.5, 0.6) is 5.75 Å². The van der Waals surface area contributed by atoms with Crippen LogP contribution >= 0.6 is 0 Å². The molecule has 45 heavy (non-hydrogen) atoms. The molecule has 1 saturated heterocycles. The largest absolute Gasteiger partial charge is 0.497 e. The molecule has 1 aliphatic rings. The van der Waals surface area contributed by atoms with Crippen molar-refractivity contribution >= 4 is 34.2 Å². The molecule has 1 atom stereocenters. The third kappa shape index (κ3) is 6.94. The summed E-state index contributed by atoms with van der Waals surface area (Å²) < 4.78 is 26.3. The number of aromatic nitrogens is 3. The Morgan fingerprint density at radius 1 is 0.978 bits per heavy atom. The predicted octanol–water partition coefficient (Wildman–Crippen LogP) is 4.82. The van der Waals surface area contributed by atoms with E-state index in [0.29, 0.717) is 46.8 Å². The zero-order valence-corrected chi connectivity index (χ0v) is 24.8. The van der Waals surface area contributed by atoms with Crippen LogP contribution in [0, 0.1) is 5.82 Å². The Hall–Kier alpha value is -5.29. The van der Waals surface area contributed by atoms with E-state index in [9.17, 15) is 14.0 Å². The molecule has 0 bridgehead atoms. The number of halogens is 1. The molecule has 0 saturated carbocycles. The van der Waals surface area contributed by atoms with E-state index >= 15 is 0 Å². The molecule has 1 aromatic heterocycles. The number of carbonyl (C=O) groups is 2. The van der Waals surface area contributed by atoms with Crippen LogP contribution in [0.3, 0.4) is 0 Å². The van der Waals surface area contributed by atoms with E-state index in [1.165, 1.54) is 21.7 Å². The van der Waals surface area contributed by atoms with Crippen molar-refractivity contribution in [1.29, 1.82) is 0 Å². The van der Waals surface area contributed by atoms with E-state index in [1.54, 1.807) is 43.5 Å². The number of carbonyl (C=O) groups excluding carboxylic acids is 2. The van der Waals surface area contributed by atoms with Gasteiger partial charge in [-0.05, 0) is 71.8 Å². The monoisotopic (exact) mass is 608 g/mol. The van der Waals surface area contributed by atoms with Crippen molar-refractivity contribution in [1.82, 2.24) is 19.9 Å². The molecule has 1 fully saturated rings. The van der Waals surface area contributed by atoms with Gasteiger partial charge in [0.05, 0.1) is 25.8 Å². The second kappa shape index (κ2) is 13.6. The van der Waals surface area contributed by atoms with Gasteiger partial charge in [0.1, 0.15) is 29.7 Å². The number of methoxy groups -OCH3 is 1. The summed E-state index contributed by atoms with van der Waals surface area (Å²) in [6, 6.07) is 26.8. The number of nitrogens with zero attached hydrogens (tertiary/aromatic N) is 5. The SMILES string of the molecule is COc1cccc(C(C(=O)Nc2ccc(N3CCOCC3)cc2)N(Cc2ccc(F)cc2)C(=O)Cn2nnc3ccccc32)c1. The van der Waals surface area contributed by atoms with Crippen LogP contribution in [0.25, 0.3) is 11.0 Å². The van der Waals surface area contributed by atoms with Crippen LogP contribution in [0.1, 0.15) is 17.2 Å². The van der Waals surface area contributed by atoms with Crippen LogP contribution in [0.15, 0.2) is 97.1 Å². The average Bonchev–Trinajstić information content (AvgIpc) is 3.48. The number of anilines is 2. The highest BCUT2D eigenvalue weighted by Crippen LogP contribution is 2.29. The third-order valence-electron chi connectivity index (χ3n) is 7.77. The molecule has 10 nitrogen and oxygen atoms in total. The molecule has 5 aromatic rings. The van der Waals surface area contributed by atoms with E-state index in [1.807, 2.05) is 48.5 Å². The lowest BCUT2D eigenvalue weighted by Gasteiger charge is -2.32. The van der Waals surface area contributed by atoms with E-state index in [0.717, 1.165) is 18.8 Å². The first kappa shape index (κ1) is 29.8. The molecule has 0 aliphatic carbocycles. The number of nitrogens with one attached hydrogen (secondary N) is 1. The van der Waals surface area contributed by atoms with Gasteiger partial charge in [-0.25, -0.2) is 9.07 Å². The molecule has 1 aliphatic heterocycles. The standard InChI is InChI=1S/C34H33FN6O4/c1-44-29-6-4-5-25(21-29)33(34(43)36-27-13-15-28(16-14-27)39-17-19-45-20-18-39)40(22-24-9-11-26(35)12-10-24)32(42)23-41-31-8-3-2-7-30(31)37-38-41/h2-16,21,33H,17-20,22-23H2,1H3,(H,36,43). The Labute approximate surface area is 260 Å². The zero-order chi connectivity index (χ0) is 31.2. The van der Waals surface area contributed by atoms with Crippen molar-refractivity contribution in [2.24, 2.45) is 0 Å². The number of fused-ring (bicyclic) bond motifs is 1. The second-order valence-electron chi connectivity index (χ2n) is 10.7. The molecule has 0 spiro atoms. The van der Waals surface area contributed by atoms with Gasteiger partial charge < -0.3 is 24.6 Å². The summed E-state index contributed by atoms with van der Waals surface area (Å²) in [4.78, 5) is 32.2. The Balaban J connectivity index is 1.35. The summed E-state index contributed by atoms with van der Waals surface area (Å²) in [5.41, 5.74) is 4.17. The van der Waals surface area contributed by atoms with Gasteiger partial charge in [-0.15, -0.1) is 5.10 Å². The summed E-state index contributed by atoms with van der Waals surface area (Å²) in [6.45, 7) is 2.81. The normalized spacial score (nSPS) is 13.8. The minimum Gasteiger partial charge on any atom is -0.497 e. The maximum absolute atomic E-state index is 14.2. The fourth-order valence-corrected chi connectivity index (χ4v) is 5.44. The van der Waals surface area contributed by atoms with Gasteiger partial charge in [0, 0.05) is 31.0 Å². The summed E-state index contributed by atoms with van der Waals surface area (Å²) in [5, 5.41) is 11.4. The summed E-state index contributed by atoms with van der Waals surface area (Å²) in [5.74, 6) is -0.646. The zero-order valence-electron chi connectivity index (χ0n) is 24.8. The topological polar surface area (TPSA) is 102 Å². The quantitative estimate of drug-likeness (QED) is 0.243. The maximum atomic E-state index is 14.2. The van der Waals surface area contributed by atoms with Gasteiger partial charge in [0.2, 0.25) is 5.91 Å². The van der Waals surface area contributed by atoms with Gasteiger partial charge in [-0.2, -0.15) is 0 Å². The number of ether oxygens (including phenoxy) is 2. The lowest BCUT2D eigenvalue weighted by Crippen LogP contribution is -2.42. The van der Waals surface area contributed by atoms with Gasteiger partial charge in [0.25, 0.3) is 5.91 Å². The molecule has 1 unspecified atom stereocenters. The molecule has 1 N–H and O–H groups in total. The van der Waals surface area contributed by atoms with Crippen molar-refractivity contribution in [3.05, 3.63) is 114 Å². The first-order valence-electron chi connectivity index (χ1n) is 14.7. The van der Waals surface area contributed by atoms with Crippen molar-refractivity contribution in [2.45, 2.75) is 19.1 Å². The lowest BCUT2D eigenvalue weighted by atomic mass is 10.0. The lowest BCUT2D eigenvalue weighted by molar-refractivity contribution is -0.140. The van der Waals surface area contributed by atoms with Crippen LogP contribution in [0.2, 0.25) is 0 Å². The van der Waals surface area contributed by atoms with Crippen molar-refractivity contribution < 1.29 is 23.5 Å². The highest BCUT2D eigenvalue weighted by molar-refractivity contribution is 5.98. The molecule has 11 heteroatoms.